The summed E-state index contributed by atoms with van der Waals surface area (Å²) in [4.78, 5) is 22.6. The van der Waals surface area contributed by atoms with Gasteiger partial charge < -0.3 is 15.6 Å². The molecule has 0 aromatic carbocycles. The van der Waals surface area contributed by atoms with Crippen molar-refractivity contribution in [1.29, 1.82) is 0 Å². The lowest BCUT2D eigenvalue weighted by molar-refractivity contribution is -0.116. The van der Waals surface area contributed by atoms with E-state index in [9.17, 15) is 4.79 Å². The van der Waals surface area contributed by atoms with E-state index in [0.717, 1.165) is 49.3 Å². The van der Waals surface area contributed by atoms with E-state index in [1.165, 1.54) is 31.4 Å². The Labute approximate surface area is 185 Å². The number of amides is 1. The zero-order chi connectivity index (χ0) is 18.6. The minimum Gasteiger partial charge on any atom is -0.357 e. The summed E-state index contributed by atoms with van der Waals surface area (Å²) in [6, 6.07) is 4.61. The minimum absolute atomic E-state index is 0. The Bertz CT molecular complexity index is 790. The number of pyridine rings is 1. The number of nitrogens with one attached hydrogen (secondary N) is 3. The van der Waals surface area contributed by atoms with Crippen LogP contribution in [0.5, 0.6) is 0 Å². The molecule has 2 aliphatic rings. The highest BCUT2D eigenvalue weighted by Gasteiger charge is 2.24. The van der Waals surface area contributed by atoms with Crippen molar-refractivity contribution in [3.63, 3.8) is 0 Å². The van der Waals surface area contributed by atoms with Crippen molar-refractivity contribution in [3.05, 3.63) is 24.0 Å². The molecular formula is C21H33Cl2N5O. The average Bonchev–Trinajstić information content (AvgIpc) is 3.27. The number of nitrogens with zero attached hydrogens (tertiary/aromatic N) is 2. The van der Waals surface area contributed by atoms with Gasteiger partial charge in [-0.15, -0.1) is 24.8 Å². The van der Waals surface area contributed by atoms with Gasteiger partial charge in [-0.1, -0.05) is 0 Å². The summed E-state index contributed by atoms with van der Waals surface area (Å²) in [5.74, 6) is 1.49. The van der Waals surface area contributed by atoms with Gasteiger partial charge in [-0.2, -0.15) is 0 Å². The third-order valence-corrected chi connectivity index (χ3v) is 6.15. The predicted molar refractivity (Wildman–Crippen MR) is 123 cm³/mol. The molecule has 0 unspecified atom stereocenters. The highest BCUT2D eigenvalue weighted by Crippen LogP contribution is 2.32. The zero-order valence-electron chi connectivity index (χ0n) is 17.1. The second-order valence-electron chi connectivity index (χ2n) is 8.15. The maximum atomic E-state index is 12.3. The molecule has 0 radical (unpaired) electrons. The van der Waals surface area contributed by atoms with Crippen molar-refractivity contribution < 1.29 is 4.79 Å². The van der Waals surface area contributed by atoms with Gasteiger partial charge in [0.1, 0.15) is 5.82 Å². The third kappa shape index (κ3) is 6.07. The van der Waals surface area contributed by atoms with Gasteiger partial charge in [0, 0.05) is 35.8 Å². The Morgan fingerprint density at radius 2 is 2.03 bits per heavy atom. The molecule has 4 heterocycles. The lowest BCUT2D eigenvalue weighted by atomic mass is 9.92. The largest absolute Gasteiger partial charge is 0.357 e. The lowest BCUT2D eigenvalue weighted by Crippen LogP contribution is -2.27. The van der Waals surface area contributed by atoms with Crippen molar-refractivity contribution in [2.75, 3.05) is 32.0 Å². The molecule has 29 heavy (non-hydrogen) atoms. The molecule has 0 spiro atoms. The highest BCUT2D eigenvalue weighted by molar-refractivity contribution is 5.92. The Balaban J connectivity index is 0.00000150. The molecule has 1 amide bonds. The van der Waals surface area contributed by atoms with Crippen molar-refractivity contribution in [1.82, 2.24) is 20.2 Å². The molecule has 2 fully saturated rings. The maximum absolute atomic E-state index is 12.3. The number of halogens is 2. The number of likely N-dealkylation sites (tertiary alicyclic amines) is 1. The first-order valence-corrected chi connectivity index (χ1v) is 10.4. The van der Waals surface area contributed by atoms with Crippen LogP contribution in [0, 0.1) is 5.92 Å². The fourth-order valence-electron chi connectivity index (χ4n) is 4.53. The molecule has 2 aromatic heterocycles. The first-order valence-electron chi connectivity index (χ1n) is 10.4. The molecule has 8 heteroatoms. The van der Waals surface area contributed by atoms with Crippen molar-refractivity contribution >= 4 is 47.4 Å². The number of H-pyrrole nitrogens is 1. The quantitative estimate of drug-likeness (QED) is 0.625. The summed E-state index contributed by atoms with van der Waals surface area (Å²) < 4.78 is 0. The van der Waals surface area contributed by atoms with Crippen molar-refractivity contribution in [2.45, 2.75) is 51.0 Å². The van der Waals surface area contributed by atoms with Gasteiger partial charge in [0.2, 0.25) is 5.91 Å². The van der Waals surface area contributed by atoms with E-state index in [-0.39, 0.29) is 30.7 Å². The number of aromatic nitrogens is 2. The van der Waals surface area contributed by atoms with Crippen LogP contribution in [-0.4, -0.2) is 47.5 Å². The predicted octanol–water partition coefficient (Wildman–Crippen LogP) is 4.28. The molecule has 162 valence electrons. The lowest BCUT2D eigenvalue weighted by Gasteiger charge is -2.22. The summed E-state index contributed by atoms with van der Waals surface area (Å²) in [6.45, 7) is 3.39. The average molecular weight is 442 g/mol. The van der Waals surface area contributed by atoms with Crippen LogP contribution >= 0.6 is 24.8 Å². The van der Waals surface area contributed by atoms with Crippen LogP contribution in [0.2, 0.25) is 0 Å². The van der Waals surface area contributed by atoms with Gasteiger partial charge in [0.05, 0.1) is 5.52 Å². The van der Waals surface area contributed by atoms with Gasteiger partial charge in [-0.3, -0.25) is 9.69 Å². The van der Waals surface area contributed by atoms with Gasteiger partial charge in [-0.25, -0.2) is 4.98 Å². The Hall–Kier alpha value is -1.34. The molecule has 0 aliphatic carbocycles. The van der Waals surface area contributed by atoms with Crippen LogP contribution in [0.25, 0.3) is 10.9 Å². The van der Waals surface area contributed by atoms with Crippen molar-refractivity contribution in [3.8, 4) is 0 Å². The Morgan fingerprint density at radius 3 is 2.76 bits per heavy atom. The monoisotopic (exact) mass is 441 g/mol. The van der Waals surface area contributed by atoms with Crippen LogP contribution in [-0.2, 0) is 4.79 Å². The number of piperidine rings is 1. The van der Waals surface area contributed by atoms with Crippen LogP contribution in [0.3, 0.4) is 0 Å². The van der Waals surface area contributed by atoms with E-state index in [2.05, 4.69) is 38.6 Å². The molecule has 4 rings (SSSR count). The number of anilines is 1. The van der Waals surface area contributed by atoms with E-state index in [4.69, 9.17) is 0 Å². The number of fused-ring (bicyclic) bond motifs is 1. The molecule has 1 atom stereocenters. The van der Waals surface area contributed by atoms with Crippen molar-refractivity contribution in [2.24, 2.45) is 5.92 Å². The summed E-state index contributed by atoms with van der Waals surface area (Å²) in [6.07, 6.45) is 9.46. The summed E-state index contributed by atoms with van der Waals surface area (Å²) in [5.41, 5.74) is 2.29. The minimum atomic E-state index is 0. The number of carbonyl (C=O) groups is 1. The molecule has 2 saturated heterocycles. The molecule has 0 bridgehead atoms. The van der Waals surface area contributed by atoms with Gasteiger partial charge in [0.15, 0.2) is 0 Å². The molecule has 6 nitrogen and oxygen atoms in total. The first kappa shape index (κ1) is 23.9. The summed E-state index contributed by atoms with van der Waals surface area (Å²) in [5, 5.41) is 7.46. The van der Waals surface area contributed by atoms with E-state index < -0.39 is 0 Å². The third-order valence-electron chi connectivity index (χ3n) is 6.15. The normalized spacial score (nSPS) is 20.2. The SMILES string of the molecule is CN1CCC[C@@H]1c1cc2cnc(NC(=O)CCCC3CCNCC3)cc2[nH]1.Cl.Cl. The highest BCUT2D eigenvalue weighted by atomic mass is 35.5. The van der Waals surface area contributed by atoms with Gasteiger partial charge >= 0.3 is 0 Å². The summed E-state index contributed by atoms with van der Waals surface area (Å²) in [7, 11) is 2.18. The van der Waals surface area contributed by atoms with Crippen LogP contribution in [0.1, 0.15) is 56.7 Å². The number of rotatable bonds is 6. The smallest absolute Gasteiger partial charge is 0.225 e. The second kappa shape index (κ2) is 11.2. The molecule has 2 aliphatic heterocycles. The second-order valence-corrected chi connectivity index (χ2v) is 8.15. The molecular weight excluding hydrogens is 409 g/mol. The van der Waals surface area contributed by atoms with E-state index in [1.807, 2.05) is 12.3 Å². The van der Waals surface area contributed by atoms with E-state index in [1.54, 1.807) is 0 Å². The van der Waals surface area contributed by atoms with E-state index >= 15 is 0 Å². The fourth-order valence-corrected chi connectivity index (χ4v) is 4.53. The molecule has 0 saturated carbocycles. The fraction of sp³-hybridized carbons (Fsp3) is 0.619. The van der Waals surface area contributed by atoms with Gasteiger partial charge in [0.25, 0.3) is 0 Å². The summed E-state index contributed by atoms with van der Waals surface area (Å²) >= 11 is 0. The number of hydrogen-bond acceptors (Lipinski definition) is 4. The number of hydrogen-bond donors (Lipinski definition) is 3. The van der Waals surface area contributed by atoms with Crippen LogP contribution in [0.4, 0.5) is 5.82 Å². The maximum Gasteiger partial charge on any atom is 0.225 e. The topological polar surface area (TPSA) is 73.1 Å². The van der Waals surface area contributed by atoms with Crippen LogP contribution in [0.15, 0.2) is 18.3 Å². The Kier molecular flexibility index (Phi) is 9.21. The van der Waals surface area contributed by atoms with Gasteiger partial charge in [-0.05, 0) is 77.2 Å². The molecule has 3 N–H and O–H groups in total. The number of carbonyl (C=O) groups excluding carboxylic acids is 1. The Morgan fingerprint density at radius 1 is 1.24 bits per heavy atom. The standard InChI is InChI=1S/C21H31N5O.2ClH/c1-26-11-3-5-19(26)18-12-16-14-23-20(13-17(16)24-18)25-21(27)6-2-4-15-7-9-22-10-8-15;;/h12-15,19,22,24H,2-11H2,1H3,(H,23,25,27);2*1H/t19-;;/m1../s1. The molecule has 2 aromatic rings. The zero-order valence-corrected chi connectivity index (χ0v) is 18.7. The van der Waals surface area contributed by atoms with E-state index in [0.29, 0.717) is 18.3 Å². The number of aromatic amines is 1. The van der Waals surface area contributed by atoms with Crippen LogP contribution < -0.4 is 10.6 Å². The first-order chi connectivity index (χ1) is 13.2.